The van der Waals surface area contributed by atoms with Crippen LogP contribution in [0.15, 0.2) is 110 Å². The smallest absolute Gasteiger partial charge is 0.268 e. The summed E-state index contributed by atoms with van der Waals surface area (Å²) in [5.41, 5.74) is 2.30. The molecule has 8 amide bonds. The molecule has 2 atom stereocenters. The SMILES string of the molecule is CC(COC(C)CN1C(=O)c2ccc(-c3ccc4c(c3)C(=O)N(c3ncccn3)C4=O)cc2C1=O)OCN1C(=O)c2ccc(Oc3ccc4c(c3)C(=O)N(c3ncccn3)C4=O)cc2C1=O. The zero-order valence-corrected chi connectivity index (χ0v) is 34.7. The number of imide groups is 4. The number of ether oxygens (including phenoxy) is 3. The summed E-state index contributed by atoms with van der Waals surface area (Å²) < 4.78 is 17.7. The Morgan fingerprint density at radius 3 is 1.36 bits per heavy atom. The molecule has 66 heavy (non-hydrogen) atoms. The molecule has 326 valence electrons. The fourth-order valence-electron chi connectivity index (χ4n) is 7.96. The molecular formula is C47H32N8O11. The second-order valence-electron chi connectivity index (χ2n) is 15.5. The highest BCUT2D eigenvalue weighted by Gasteiger charge is 2.41. The van der Waals surface area contributed by atoms with E-state index in [1.54, 1.807) is 56.3 Å². The average molecular weight is 885 g/mol. The summed E-state index contributed by atoms with van der Waals surface area (Å²) in [6.45, 7) is 2.89. The van der Waals surface area contributed by atoms with E-state index in [0.29, 0.717) is 11.1 Å². The molecule has 19 heteroatoms. The number of hydrogen-bond donors (Lipinski definition) is 0. The lowest BCUT2D eigenvalue weighted by Crippen LogP contribution is -2.38. The fourth-order valence-corrected chi connectivity index (χ4v) is 7.96. The Labute approximate surface area is 373 Å². The van der Waals surface area contributed by atoms with Crippen molar-refractivity contribution in [2.45, 2.75) is 26.1 Å². The van der Waals surface area contributed by atoms with Gasteiger partial charge in [0, 0.05) is 24.8 Å². The lowest BCUT2D eigenvalue weighted by Gasteiger charge is -2.23. The predicted molar refractivity (Wildman–Crippen MR) is 228 cm³/mol. The van der Waals surface area contributed by atoms with Gasteiger partial charge in [-0.2, -0.15) is 0 Å². The Morgan fingerprint density at radius 1 is 0.439 bits per heavy atom. The Balaban J connectivity index is 0.725. The van der Waals surface area contributed by atoms with Gasteiger partial charge in [-0.25, -0.2) is 34.6 Å². The van der Waals surface area contributed by atoms with Gasteiger partial charge < -0.3 is 14.2 Å². The second kappa shape index (κ2) is 16.1. The molecular weight excluding hydrogens is 853 g/mol. The maximum atomic E-state index is 13.6. The molecule has 0 radical (unpaired) electrons. The van der Waals surface area contributed by atoms with Crippen LogP contribution in [0.3, 0.4) is 0 Å². The minimum absolute atomic E-state index is 0.00592. The zero-order valence-electron chi connectivity index (χ0n) is 34.7. The van der Waals surface area contributed by atoms with Crippen molar-refractivity contribution in [2.24, 2.45) is 0 Å². The van der Waals surface area contributed by atoms with Crippen molar-refractivity contribution in [3.63, 3.8) is 0 Å². The van der Waals surface area contributed by atoms with Crippen molar-refractivity contribution >= 4 is 59.2 Å². The molecule has 0 spiro atoms. The van der Waals surface area contributed by atoms with Crippen LogP contribution in [0.25, 0.3) is 11.1 Å². The van der Waals surface area contributed by atoms with Crippen LogP contribution in [-0.2, 0) is 9.47 Å². The monoisotopic (exact) mass is 884 g/mol. The number of carbonyl (C=O) groups is 8. The molecule has 19 nitrogen and oxygen atoms in total. The Hall–Kier alpha value is -8.68. The lowest BCUT2D eigenvalue weighted by molar-refractivity contribution is -0.0564. The number of benzene rings is 4. The standard InChI is InChI=1S/C47H32N8O11/c1-24(21-52-38(56)30-9-5-26(17-34(30)40(52)58)27-6-10-32-35(18-27)44(62)54(42(32)60)46-48-13-3-14-49-46)64-22-25(2)65-23-53-39(57)31-11-7-28(19-36(31)41(53)59)66-29-8-12-33-37(20-29)45(63)55(43(33)61)47-50-15-4-16-51-47/h3-20,24-25H,21-23H2,1-2H3. The van der Waals surface area contributed by atoms with Gasteiger partial charge in [-0.3, -0.25) is 43.3 Å². The Kier molecular flexibility index (Phi) is 10.1. The molecule has 4 aliphatic rings. The number of nitrogens with zero attached hydrogens (tertiary/aromatic N) is 8. The van der Waals surface area contributed by atoms with E-state index >= 15 is 0 Å². The first kappa shape index (κ1) is 41.3. The Bertz CT molecular complexity index is 3130. The van der Waals surface area contributed by atoms with Gasteiger partial charge in [0.05, 0.1) is 69.9 Å². The highest BCUT2D eigenvalue weighted by Crippen LogP contribution is 2.35. The highest BCUT2D eigenvalue weighted by atomic mass is 16.5. The van der Waals surface area contributed by atoms with E-state index < -0.39 is 59.5 Å². The van der Waals surface area contributed by atoms with Crippen molar-refractivity contribution in [3.8, 4) is 22.6 Å². The number of anilines is 2. The van der Waals surface area contributed by atoms with Crippen LogP contribution in [0.4, 0.5) is 11.9 Å². The number of rotatable bonds is 13. The number of carbonyl (C=O) groups excluding carboxylic acids is 8. The van der Waals surface area contributed by atoms with Gasteiger partial charge in [-0.15, -0.1) is 0 Å². The molecule has 6 aromatic rings. The van der Waals surface area contributed by atoms with Crippen LogP contribution >= 0.6 is 0 Å². The van der Waals surface area contributed by atoms with Crippen LogP contribution in [-0.4, -0.2) is 109 Å². The average Bonchev–Trinajstić information content (AvgIpc) is 3.92. The molecule has 4 aromatic carbocycles. The first-order valence-corrected chi connectivity index (χ1v) is 20.4. The molecule has 4 aliphatic heterocycles. The van der Waals surface area contributed by atoms with Gasteiger partial charge in [-0.1, -0.05) is 12.1 Å². The molecule has 0 saturated heterocycles. The van der Waals surface area contributed by atoms with E-state index in [9.17, 15) is 38.4 Å². The maximum Gasteiger partial charge on any atom is 0.268 e. The summed E-state index contributed by atoms with van der Waals surface area (Å²) in [4.78, 5) is 126. The quantitative estimate of drug-likeness (QED) is 0.139. The summed E-state index contributed by atoms with van der Waals surface area (Å²) in [6.07, 6.45) is 4.44. The van der Waals surface area contributed by atoms with E-state index in [1.807, 2.05) is 0 Å². The van der Waals surface area contributed by atoms with E-state index in [4.69, 9.17) is 14.2 Å². The van der Waals surface area contributed by atoms with Crippen molar-refractivity contribution in [1.29, 1.82) is 0 Å². The van der Waals surface area contributed by atoms with Crippen molar-refractivity contribution in [3.05, 3.63) is 154 Å². The topological polar surface area (TPSA) is 229 Å². The van der Waals surface area contributed by atoms with Gasteiger partial charge in [0.15, 0.2) is 0 Å². The largest absolute Gasteiger partial charge is 0.457 e. The van der Waals surface area contributed by atoms with Crippen LogP contribution in [0.1, 0.15) is 96.7 Å². The minimum atomic E-state index is -0.631. The predicted octanol–water partition coefficient (Wildman–Crippen LogP) is 4.99. The van der Waals surface area contributed by atoms with E-state index in [2.05, 4.69) is 19.9 Å². The van der Waals surface area contributed by atoms with E-state index in [1.165, 1.54) is 67.3 Å². The van der Waals surface area contributed by atoms with Gasteiger partial charge in [0.1, 0.15) is 18.2 Å². The molecule has 0 fully saturated rings. The van der Waals surface area contributed by atoms with Crippen LogP contribution in [0, 0.1) is 0 Å². The normalized spacial score (nSPS) is 16.0. The summed E-state index contributed by atoms with van der Waals surface area (Å²) in [5, 5.41) is 0. The summed E-state index contributed by atoms with van der Waals surface area (Å²) in [6, 6.07) is 21.4. The van der Waals surface area contributed by atoms with Gasteiger partial charge in [0.2, 0.25) is 11.9 Å². The summed E-state index contributed by atoms with van der Waals surface area (Å²) in [7, 11) is 0. The summed E-state index contributed by atoms with van der Waals surface area (Å²) in [5.74, 6) is -4.23. The van der Waals surface area contributed by atoms with Crippen LogP contribution < -0.4 is 14.5 Å². The molecule has 0 aliphatic carbocycles. The second-order valence-corrected chi connectivity index (χ2v) is 15.5. The van der Waals surface area contributed by atoms with E-state index in [0.717, 1.165) is 19.6 Å². The van der Waals surface area contributed by atoms with Gasteiger partial charge in [0.25, 0.3) is 47.3 Å². The van der Waals surface area contributed by atoms with Gasteiger partial charge >= 0.3 is 0 Å². The lowest BCUT2D eigenvalue weighted by atomic mass is 9.97. The zero-order chi connectivity index (χ0) is 46.0. The third-order valence-corrected chi connectivity index (χ3v) is 11.3. The molecule has 0 bridgehead atoms. The fraction of sp³-hybridized carbons (Fsp3) is 0.149. The number of fused-ring (bicyclic) bond motifs is 4. The number of hydrogen-bond acceptors (Lipinski definition) is 15. The highest BCUT2D eigenvalue weighted by molar-refractivity contribution is 6.35. The van der Waals surface area contributed by atoms with Crippen molar-refractivity contribution in [2.75, 3.05) is 29.7 Å². The molecule has 10 rings (SSSR count). The first-order chi connectivity index (χ1) is 31.9. The molecule has 2 aromatic heterocycles. The van der Waals surface area contributed by atoms with E-state index in [-0.39, 0.29) is 87.8 Å². The van der Waals surface area contributed by atoms with Crippen molar-refractivity contribution in [1.82, 2.24) is 29.7 Å². The molecule has 6 heterocycles. The van der Waals surface area contributed by atoms with Crippen LogP contribution in [0.2, 0.25) is 0 Å². The maximum absolute atomic E-state index is 13.6. The van der Waals surface area contributed by atoms with Gasteiger partial charge in [-0.05, 0) is 97.8 Å². The Morgan fingerprint density at radius 2 is 0.833 bits per heavy atom. The van der Waals surface area contributed by atoms with Crippen LogP contribution in [0.5, 0.6) is 11.5 Å². The first-order valence-electron chi connectivity index (χ1n) is 20.4. The molecule has 2 unspecified atom stereocenters. The third kappa shape index (κ3) is 6.94. The molecule has 0 saturated carbocycles. The number of amides is 8. The third-order valence-electron chi connectivity index (χ3n) is 11.3. The minimum Gasteiger partial charge on any atom is -0.457 e. The van der Waals surface area contributed by atoms with Crippen molar-refractivity contribution < 1.29 is 52.6 Å². The number of aromatic nitrogens is 4. The summed E-state index contributed by atoms with van der Waals surface area (Å²) >= 11 is 0. The molecule has 0 N–H and O–H groups in total.